The topological polar surface area (TPSA) is 142 Å². The van der Waals surface area contributed by atoms with Crippen molar-refractivity contribution in [1.82, 2.24) is 4.98 Å². The number of carbonyl (C=O) groups excluding carboxylic acids is 1. The number of allylic oxidation sites excluding steroid dienone is 12. The Hall–Kier alpha value is -3.86. The van der Waals surface area contributed by atoms with Crippen molar-refractivity contribution in [1.29, 1.82) is 0 Å². The van der Waals surface area contributed by atoms with Gasteiger partial charge in [0.05, 0.1) is 36.4 Å². The molecule has 1 aliphatic heterocycles. The molecule has 2 bridgehead atoms. The van der Waals surface area contributed by atoms with Crippen molar-refractivity contribution in [3.63, 3.8) is 0 Å². The van der Waals surface area contributed by atoms with Crippen molar-refractivity contribution in [3.05, 3.63) is 121 Å². The molecule has 0 aromatic carbocycles. The highest BCUT2D eigenvalue weighted by Crippen LogP contribution is 2.26. The highest BCUT2D eigenvalue weighted by atomic mass is 16.5. The van der Waals surface area contributed by atoms with Gasteiger partial charge in [0, 0.05) is 37.4 Å². The number of ether oxygens (including phenoxy) is 2. The Morgan fingerprint density at radius 1 is 0.860 bits per heavy atom. The molecule has 1 aromatic rings. The van der Waals surface area contributed by atoms with Crippen molar-refractivity contribution in [2.45, 2.75) is 96.9 Å². The number of aliphatic hydroxyl groups excluding tert-OH is 4. The number of nitrogens with zero attached hydrogens (tertiary/aromatic N) is 1. The van der Waals surface area contributed by atoms with Crippen molar-refractivity contribution in [2.24, 2.45) is 17.8 Å². The number of carbonyl (C=O) groups is 1. The van der Waals surface area contributed by atoms with Crippen LogP contribution in [-0.4, -0.2) is 75.1 Å². The van der Waals surface area contributed by atoms with Gasteiger partial charge >= 0.3 is 5.97 Å². The fourth-order valence-electron chi connectivity index (χ4n) is 5.43. The number of fused-ring (bicyclic) bond motifs is 2. The minimum Gasteiger partial charge on any atom is -0.458 e. The third-order valence-corrected chi connectivity index (χ3v) is 8.50. The number of hydrogen-bond acceptors (Lipinski definition) is 9. The van der Waals surface area contributed by atoms with Crippen LogP contribution in [0.25, 0.3) is 6.08 Å². The quantitative estimate of drug-likeness (QED) is 0.248. The lowest BCUT2D eigenvalue weighted by Gasteiger charge is -2.31. The predicted molar refractivity (Wildman–Crippen MR) is 199 cm³/mol. The lowest BCUT2D eigenvalue weighted by molar-refractivity contribution is -0.150. The summed E-state index contributed by atoms with van der Waals surface area (Å²) in [7, 11) is 1.59. The molecule has 0 spiro atoms. The summed E-state index contributed by atoms with van der Waals surface area (Å²) in [6.45, 7) is 11.1. The average Bonchev–Trinajstić information content (AvgIpc) is 3.55. The third-order valence-electron chi connectivity index (χ3n) is 8.50. The van der Waals surface area contributed by atoms with Gasteiger partial charge in [-0.15, -0.1) is 0 Å². The molecule has 0 saturated heterocycles. The van der Waals surface area contributed by atoms with E-state index in [0.29, 0.717) is 18.0 Å². The Balaban J connectivity index is 2.33. The largest absolute Gasteiger partial charge is 0.458 e. The lowest BCUT2D eigenvalue weighted by atomic mass is 9.86. The summed E-state index contributed by atoms with van der Waals surface area (Å²) in [4.78, 5) is 17.3. The second kappa shape index (κ2) is 22.8. The second-order valence-corrected chi connectivity index (χ2v) is 13.0. The smallest absolute Gasteiger partial charge is 0.331 e. The highest BCUT2D eigenvalue weighted by molar-refractivity contribution is 5.82. The Morgan fingerprint density at radius 3 is 2.16 bits per heavy atom. The minimum atomic E-state index is -0.873. The van der Waals surface area contributed by atoms with Crippen LogP contribution in [0.5, 0.6) is 0 Å². The molecular weight excluding hydrogens is 634 g/mol. The van der Waals surface area contributed by atoms with Crippen molar-refractivity contribution >= 4 is 12.0 Å². The maximum atomic E-state index is 12.8. The number of esters is 1. The van der Waals surface area contributed by atoms with Gasteiger partial charge in [0.1, 0.15) is 18.1 Å². The van der Waals surface area contributed by atoms with E-state index in [1.54, 1.807) is 94.1 Å². The fourth-order valence-corrected chi connectivity index (χ4v) is 5.43. The van der Waals surface area contributed by atoms with E-state index in [1.165, 1.54) is 6.08 Å². The highest BCUT2D eigenvalue weighted by Gasteiger charge is 2.31. The second-order valence-electron chi connectivity index (χ2n) is 13.0. The van der Waals surface area contributed by atoms with E-state index in [9.17, 15) is 25.2 Å². The first kappa shape index (κ1) is 42.3. The molecule has 1 aromatic heterocycles. The number of oxazole rings is 1. The average molecular weight is 692 g/mol. The molecule has 9 nitrogen and oxygen atoms in total. The zero-order valence-corrected chi connectivity index (χ0v) is 30.4. The van der Waals surface area contributed by atoms with Gasteiger partial charge in [0.25, 0.3) is 0 Å². The summed E-state index contributed by atoms with van der Waals surface area (Å²) in [5, 5.41) is 41.8. The molecule has 0 unspecified atom stereocenters. The summed E-state index contributed by atoms with van der Waals surface area (Å²) in [5.41, 5.74) is 1.60. The molecule has 4 N–H and O–H groups in total. The summed E-state index contributed by atoms with van der Waals surface area (Å²) in [5.74, 6) is -1.10. The molecule has 2 rings (SSSR count). The molecule has 0 aliphatic carbocycles. The Labute approximate surface area is 298 Å². The molecule has 50 heavy (non-hydrogen) atoms. The van der Waals surface area contributed by atoms with Gasteiger partial charge in [-0.3, -0.25) is 0 Å². The van der Waals surface area contributed by atoms with E-state index in [0.717, 1.165) is 5.57 Å². The first-order valence-corrected chi connectivity index (χ1v) is 17.3. The molecule has 0 fully saturated rings. The SMILES string of the molecule is CO[C@H]1C[C@H](O)C=CC=CC=C[C@H](C)[C@H]([C@H](C)[C@H](O)C[C@H](C)O)OC(=O)C=CC=CC=CC(C)=C[C@@H](C)[C@H](O)C=CC=Cc2coc(n2)[C@@H]1C. The van der Waals surface area contributed by atoms with Crippen LogP contribution in [0.2, 0.25) is 0 Å². The van der Waals surface area contributed by atoms with E-state index >= 15 is 0 Å². The molecule has 2 heterocycles. The van der Waals surface area contributed by atoms with E-state index in [1.807, 2.05) is 58.1 Å². The van der Waals surface area contributed by atoms with E-state index in [2.05, 4.69) is 4.98 Å². The van der Waals surface area contributed by atoms with Crippen molar-refractivity contribution < 1.29 is 39.1 Å². The maximum Gasteiger partial charge on any atom is 0.331 e. The van der Waals surface area contributed by atoms with E-state index < -0.39 is 42.4 Å². The molecule has 0 radical (unpaired) electrons. The molecular formula is C41H57NO8. The van der Waals surface area contributed by atoms with Crippen molar-refractivity contribution in [2.75, 3.05) is 7.11 Å². The first-order valence-electron chi connectivity index (χ1n) is 17.3. The van der Waals surface area contributed by atoms with Crippen molar-refractivity contribution in [3.8, 4) is 0 Å². The number of aliphatic hydroxyl groups is 4. The molecule has 0 saturated carbocycles. The normalized spacial score (nSPS) is 28.4. The van der Waals surface area contributed by atoms with Crippen LogP contribution >= 0.6 is 0 Å². The molecule has 274 valence electrons. The van der Waals surface area contributed by atoms with Gasteiger partial charge in [0.2, 0.25) is 0 Å². The van der Waals surface area contributed by atoms with Crippen LogP contribution in [-0.2, 0) is 14.3 Å². The van der Waals surface area contributed by atoms with Crippen LogP contribution in [0.1, 0.15) is 71.9 Å². The molecule has 10 atom stereocenters. The Bertz CT molecular complexity index is 1430. The van der Waals surface area contributed by atoms with Gasteiger partial charge in [-0.25, -0.2) is 9.78 Å². The van der Waals surface area contributed by atoms with Crippen LogP contribution < -0.4 is 0 Å². The Kier molecular flexibility index (Phi) is 19.3. The molecule has 9 heteroatoms. The van der Waals surface area contributed by atoms with Gasteiger partial charge in [-0.2, -0.15) is 0 Å². The number of aromatic nitrogens is 1. The maximum absolute atomic E-state index is 12.8. The van der Waals surface area contributed by atoms with Crippen LogP contribution in [0, 0.1) is 17.8 Å². The van der Waals surface area contributed by atoms with Crippen LogP contribution in [0.3, 0.4) is 0 Å². The third kappa shape index (κ3) is 15.8. The monoisotopic (exact) mass is 691 g/mol. The van der Waals surface area contributed by atoms with Gasteiger partial charge in [-0.05, 0) is 26.3 Å². The Morgan fingerprint density at radius 2 is 1.48 bits per heavy atom. The van der Waals surface area contributed by atoms with Crippen LogP contribution in [0.15, 0.2) is 113 Å². The fraction of sp³-hybridized carbons (Fsp3) is 0.463. The number of cyclic esters (lactones) is 1. The van der Waals surface area contributed by atoms with Crippen LogP contribution in [0.4, 0.5) is 0 Å². The standard InChI is InChI=1S/C41H57NO8/c1-28-18-12-8-11-15-23-39(47)50-40(32(5)37(46)25-31(4)43)29(2)19-13-9-10-14-21-35(44)26-38(48-7)33(6)41-42-34(27-49-41)20-16-17-22-36(45)30(3)24-28/h8-24,27,29-33,35-38,40,43-46H,25-26H2,1-7H3/t29-,30+,31-,32+,33+,35+,36+,37+,38-,40+/m0/s1. The number of hydrogen-bond donors (Lipinski definition) is 4. The molecule has 0 amide bonds. The number of methoxy groups -OCH3 is 1. The summed E-state index contributed by atoms with van der Waals surface area (Å²) in [6.07, 6.45) is 27.9. The van der Waals surface area contributed by atoms with Gasteiger partial charge in [0.15, 0.2) is 5.89 Å². The van der Waals surface area contributed by atoms with E-state index in [4.69, 9.17) is 13.9 Å². The lowest BCUT2D eigenvalue weighted by Crippen LogP contribution is -2.38. The summed E-state index contributed by atoms with van der Waals surface area (Å²) in [6, 6.07) is 0. The zero-order valence-electron chi connectivity index (χ0n) is 30.4. The summed E-state index contributed by atoms with van der Waals surface area (Å²) >= 11 is 0. The minimum absolute atomic E-state index is 0.134. The van der Waals surface area contributed by atoms with Gasteiger partial charge < -0.3 is 34.3 Å². The molecule has 1 aliphatic rings. The zero-order chi connectivity index (χ0) is 37.1. The number of rotatable bonds is 5. The van der Waals surface area contributed by atoms with Gasteiger partial charge in [-0.1, -0.05) is 124 Å². The summed E-state index contributed by atoms with van der Waals surface area (Å²) < 4.78 is 17.2. The first-order chi connectivity index (χ1) is 23.8. The predicted octanol–water partition coefficient (Wildman–Crippen LogP) is 6.72. The van der Waals surface area contributed by atoms with E-state index in [-0.39, 0.29) is 30.3 Å².